The van der Waals surface area contributed by atoms with Crippen molar-refractivity contribution < 1.29 is 20.1 Å². The maximum atomic E-state index is 12.7. The van der Waals surface area contributed by atoms with Gasteiger partial charge in [-0.25, -0.2) is 0 Å². The Kier molecular flexibility index (Phi) is 7.44. The van der Waals surface area contributed by atoms with Crippen molar-refractivity contribution in [3.8, 4) is 5.75 Å². The van der Waals surface area contributed by atoms with Crippen LogP contribution < -0.4 is 0 Å². The molecule has 0 atom stereocenters. The number of likely N-dealkylation sites (N-methyl/N-ethyl adjacent to an activating group) is 1. The first kappa shape index (κ1) is 21.5. The van der Waals surface area contributed by atoms with Gasteiger partial charge < -0.3 is 20.2 Å². The van der Waals surface area contributed by atoms with Gasteiger partial charge in [0.2, 0.25) is 5.91 Å². The quantitative estimate of drug-likeness (QED) is 0.672. The first-order chi connectivity index (χ1) is 11.7. The zero-order valence-corrected chi connectivity index (χ0v) is 16.2. The molecule has 0 aliphatic heterocycles. The minimum absolute atomic E-state index is 0.131. The molecule has 0 unspecified atom stereocenters. The fraction of sp³-hybridized carbons (Fsp3) is 0.650. The van der Waals surface area contributed by atoms with E-state index in [0.717, 1.165) is 11.1 Å². The molecule has 1 aromatic carbocycles. The van der Waals surface area contributed by atoms with Crippen LogP contribution in [0.2, 0.25) is 0 Å². The molecule has 0 radical (unpaired) electrons. The Morgan fingerprint density at radius 1 is 1.12 bits per heavy atom. The fourth-order valence-corrected chi connectivity index (χ4v) is 3.19. The van der Waals surface area contributed by atoms with Crippen LogP contribution in [0.1, 0.15) is 58.6 Å². The van der Waals surface area contributed by atoms with Gasteiger partial charge in [0, 0.05) is 13.0 Å². The van der Waals surface area contributed by atoms with Gasteiger partial charge in [0.05, 0.1) is 18.8 Å². The summed E-state index contributed by atoms with van der Waals surface area (Å²) in [6.45, 7) is 9.67. The molecule has 5 heteroatoms. The molecule has 1 amide bonds. The maximum Gasteiger partial charge on any atom is 0.223 e. The number of aliphatic hydroxyl groups is 2. The number of rotatable bonds is 8. The summed E-state index contributed by atoms with van der Waals surface area (Å²) in [4.78, 5) is 14.2. The molecule has 0 aromatic heterocycles. The summed E-state index contributed by atoms with van der Waals surface area (Å²) in [6, 6.07) is 5.63. The maximum absolute atomic E-state index is 12.7. The Morgan fingerprint density at radius 2 is 1.72 bits per heavy atom. The van der Waals surface area contributed by atoms with Gasteiger partial charge in [-0.2, -0.15) is 0 Å². The Balaban J connectivity index is 2.96. The second kappa shape index (κ2) is 8.68. The summed E-state index contributed by atoms with van der Waals surface area (Å²) in [5.74, 6) is 0.116. The number of para-hydroxylation sites is 1. The zero-order chi connectivity index (χ0) is 19.3. The SMILES string of the molecule is CCN(C(=O)CCc1cccc(C(C)(C)C)c1O)C(CC)(CO)CO. The van der Waals surface area contributed by atoms with Crippen LogP contribution in [0.4, 0.5) is 0 Å². The molecule has 0 heterocycles. The number of hydrogen-bond donors (Lipinski definition) is 3. The molecule has 142 valence electrons. The van der Waals surface area contributed by atoms with Crippen LogP contribution >= 0.6 is 0 Å². The number of nitrogens with zero attached hydrogens (tertiary/aromatic N) is 1. The van der Waals surface area contributed by atoms with Gasteiger partial charge in [0.15, 0.2) is 0 Å². The van der Waals surface area contributed by atoms with Crippen molar-refractivity contribution in [1.82, 2.24) is 4.90 Å². The number of amides is 1. The average Bonchev–Trinajstić information content (AvgIpc) is 2.57. The third-order valence-electron chi connectivity index (χ3n) is 4.97. The van der Waals surface area contributed by atoms with Crippen LogP contribution in [0.3, 0.4) is 0 Å². The van der Waals surface area contributed by atoms with E-state index >= 15 is 0 Å². The van der Waals surface area contributed by atoms with E-state index in [0.29, 0.717) is 19.4 Å². The van der Waals surface area contributed by atoms with Crippen molar-refractivity contribution in [2.75, 3.05) is 19.8 Å². The normalized spacial score (nSPS) is 12.3. The van der Waals surface area contributed by atoms with E-state index in [1.807, 2.05) is 52.8 Å². The van der Waals surface area contributed by atoms with Gasteiger partial charge in [-0.05, 0) is 36.3 Å². The van der Waals surface area contributed by atoms with Gasteiger partial charge in [-0.15, -0.1) is 0 Å². The monoisotopic (exact) mass is 351 g/mol. The largest absolute Gasteiger partial charge is 0.507 e. The van der Waals surface area contributed by atoms with Crippen LogP contribution in [0, 0.1) is 0 Å². The third kappa shape index (κ3) is 4.73. The molecule has 0 bridgehead atoms. The molecule has 1 aromatic rings. The molecule has 0 saturated heterocycles. The highest BCUT2D eigenvalue weighted by Gasteiger charge is 2.36. The average molecular weight is 351 g/mol. The summed E-state index contributed by atoms with van der Waals surface area (Å²) >= 11 is 0. The first-order valence-electron chi connectivity index (χ1n) is 9.00. The van der Waals surface area contributed by atoms with Crippen LogP contribution in [0.25, 0.3) is 0 Å². The van der Waals surface area contributed by atoms with Crippen molar-refractivity contribution in [1.29, 1.82) is 0 Å². The number of aliphatic hydroxyl groups excluding tert-OH is 2. The van der Waals surface area contributed by atoms with Crippen molar-refractivity contribution >= 4 is 5.91 Å². The molecule has 0 aliphatic rings. The van der Waals surface area contributed by atoms with E-state index in [2.05, 4.69) is 0 Å². The number of carbonyl (C=O) groups excluding carboxylic acids is 1. The van der Waals surface area contributed by atoms with E-state index in [1.54, 1.807) is 4.90 Å². The van der Waals surface area contributed by atoms with Crippen molar-refractivity contribution in [3.63, 3.8) is 0 Å². The molecule has 0 spiro atoms. The molecule has 0 saturated carbocycles. The highest BCUT2D eigenvalue weighted by Crippen LogP contribution is 2.33. The highest BCUT2D eigenvalue weighted by atomic mass is 16.3. The molecule has 5 nitrogen and oxygen atoms in total. The van der Waals surface area contributed by atoms with Gasteiger partial charge in [-0.3, -0.25) is 4.79 Å². The van der Waals surface area contributed by atoms with Crippen LogP contribution in [0.15, 0.2) is 18.2 Å². The third-order valence-corrected chi connectivity index (χ3v) is 4.97. The van der Waals surface area contributed by atoms with Gasteiger partial charge >= 0.3 is 0 Å². The Labute approximate surface area is 151 Å². The number of carbonyl (C=O) groups is 1. The lowest BCUT2D eigenvalue weighted by molar-refractivity contribution is -0.142. The Bertz CT molecular complexity index is 565. The summed E-state index contributed by atoms with van der Waals surface area (Å²) < 4.78 is 0. The van der Waals surface area contributed by atoms with Crippen molar-refractivity contribution in [2.24, 2.45) is 0 Å². The number of hydrogen-bond acceptors (Lipinski definition) is 4. The zero-order valence-electron chi connectivity index (χ0n) is 16.2. The van der Waals surface area contributed by atoms with Crippen LogP contribution in [-0.4, -0.2) is 51.4 Å². The summed E-state index contributed by atoms with van der Waals surface area (Å²) in [6.07, 6.45) is 1.11. The number of aryl methyl sites for hydroxylation is 1. The minimum Gasteiger partial charge on any atom is -0.507 e. The second-order valence-corrected chi connectivity index (χ2v) is 7.60. The van der Waals surface area contributed by atoms with E-state index in [9.17, 15) is 20.1 Å². The van der Waals surface area contributed by atoms with E-state index < -0.39 is 5.54 Å². The van der Waals surface area contributed by atoms with Crippen LogP contribution in [0.5, 0.6) is 5.75 Å². The van der Waals surface area contributed by atoms with Crippen LogP contribution in [-0.2, 0) is 16.6 Å². The van der Waals surface area contributed by atoms with E-state index in [-0.39, 0.29) is 36.7 Å². The molecule has 25 heavy (non-hydrogen) atoms. The number of phenols is 1. The topological polar surface area (TPSA) is 81.0 Å². The predicted molar refractivity (Wildman–Crippen MR) is 99.7 cm³/mol. The smallest absolute Gasteiger partial charge is 0.223 e. The molecule has 0 aliphatic carbocycles. The summed E-state index contributed by atoms with van der Waals surface area (Å²) in [7, 11) is 0. The number of benzene rings is 1. The fourth-order valence-electron chi connectivity index (χ4n) is 3.19. The molecular formula is C20H33NO4. The summed E-state index contributed by atoms with van der Waals surface area (Å²) in [5, 5.41) is 29.9. The lowest BCUT2D eigenvalue weighted by Gasteiger charge is -2.40. The van der Waals surface area contributed by atoms with Gasteiger partial charge in [0.1, 0.15) is 5.75 Å². The molecule has 1 rings (SSSR count). The van der Waals surface area contributed by atoms with Crippen molar-refractivity contribution in [2.45, 2.75) is 64.8 Å². The second-order valence-electron chi connectivity index (χ2n) is 7.60. The van der Waals surface area contributed by atoms with E-state index in [1.165, 1.54) is 0 Å². The van der Waals surface area contributed by atoms with Gasteiger partial charge in [-0.1, -0.05) is 45.9 Å². The Hall–Kier alpha value is -1.59. The summed E-state index contributed by atoms with van der Waals surface area (Å²) in [5.41, 5.74) is 0.497. The predicted octanol–water partition coefficient (Wildman–Crippen LogP) is 2.60. The lowest BCUT2D eigenvalue weighted by atomic mass is 9.84. The van der Waals surface area contributed by atoms with Crippen molar-refractivity contribution in [3.05, 3.63) is 29.3 Å². The standard InChI is InChI=1S/C20H33NO4/c1-6-20(13-22,14-23)21(7-2)17(24)12-11-15-9-8-10-16(18(15)25)19(3,4)5/h8-10,22-23,25H,6-7,11-14H2,1-5H3. The highest BCUT2D eigenvalue weighted by molar-refractivity contribution is 5.77. The van der Waals surface area contributed by atoms with E-state index in [4.69, 9.17) is 0 Å². The molecule has 0 fully saturated rings. The van der Waals surface area contributed by atoms with Gasteiger partial charge in [0.25, 0.3) is 0 Å². The number of aromatic hydroxyl groups is 1. The number of phenolic OH excluding ortho intramolecular Hbond substituents is 1. The molecular weight excluding hydrogens is 318 g/mol. The minimum atomic E-state index is -0.929. The first-order valence-corrected chi connectivity index (χ1v) is 9.00. The molecule has 3 N–H and O–H groups in total. The Morgan fingerprint density at radius 3 is 2.16 bits per heavy atom. The lowest BCUT2D eigenvalue weighted by Crippen LogP contribution is -2.56.